The van der Waals surface area contributed by atoms with Crippen LogP contribution in [0.25, 0.3) is 0 Å². The van der Waals surface area contributed by atoms with Crippen LogP contribution in [0.5, 0.6) is 5.75 Å². The molecule has 2 rings (SSSR count). The molecule has 1 saturated heterocycles. The number of ether oxygens (including phenoxy) is 1. The van der Waals surface area contributed by atoms with Gasteiger partial charge in [-0.25, -0.2) is 0 Å². The fourth-order valence-corrected chi connectivity index (χ4v) is 2.73. The number of thioether (sulfide) groups is 1. The second-order valence-electron chi connectivity index (χ2n) is 3.74. The van der Waals surface area contributed by atoms with Gasteiger partial charge in [-0.15, -0.1) is 0 Å². The predicted octanol–water partition coefficient (Wildman–Crippen LogP) is 2.24. The van der Waals surface area contributed by atoms with Gasteiger partial charge in [0.2, 0.25) is 0 Å². The normalized spacial score (nSPS) is 17.7. The van der Waals surface area contributed by atoms with E-state index in [0.717, 1.165) is 12.3 Å². The third-order valence-corrected chi connectivity index (χ3v) is 3.61. The molecule has 0 unspecified atom stereocenters. The van der Waals surface area contributed by atoms with Crippen molar-refractivity contribution in [1.82, 2.24) is 4.90 Å². The number of hydrogen-bond acceptors (Lipinski definition) is 3. The molecule has 0 bridgehead atoms. The highest BCUT2D eigenvalue weighted by Gasteiger charge is 2.10. The molecule has 0 atom stereocenters. The average Bonchev–Trinajstić information content (AvgIpc) is 2.31. The Bertz CT molecular complexity index is 293. The second kappa shape index (κ2) is 5.42. The zero-order valence-corrected chi connectivity index (χ0v) is 9.93. The Morgan fingerprint density at radius 2 is 1.87 bits per heavy atom. The first-order valence-electron chi connectivity index (χ1n) is 5.31. The summed E-state index contributed by atoms with van der Waals surface area (Å²) < 4.78 is 5.14. The lowest BCUT2D eigenvalue weighted by molar-refractivity contribution is 0.294. The topological polar surface area (TPSA) is 12.5 Å². The lowest BCUT2D eigenvalue weighted by atomic mass is 10.2. The molecule has 1 aromatic rings. The number of nitrogens with zero attached hydrogens (tertiary/aromatic N) is 1. The molecule has 0 amide bonds. The summed E-state index contributed by atoms with van der Waals surface area (Å²) in [4.78, 5) is 2.51. The zero-order valence-electron chi connectivity index (χ0n) is 9.11. The molecule has 15 heavy (non-hydrogen) atoms. The van der Waals surface area contributed by atoms with Crippen LogP contribution in [-0.2, 0) is 6.54 Å². The number of methoxy groups -OCH3 is 1. The smallest absolute Gasteiger partial charge is 0.118 e. The molecule has 1 aliphatic heterocycles. The van der Waals surface area contributed by atoms with E-state index in [4.69, 9.17) is 4.74 Å². The van der Waals surface area contributed by atoms with Crippen LogP contribution in [0.15, 0.2) is 24.3 Å². The minimum Gasteiger partial charge on any atom is -0.497 e. The van der Waals surface area contributed by atoms with Crippen molar-refractivity contribution in [3.05, 3.63) is 29.8 Å². The lowest BCUT2D eigenvalue weighted by Crippen LogP contribution is -2.31. The Morgan fingerprint density at radius 1 is 1.20 bits per heavy atom. The minimum absolute atomic E-state index is 0.938. The molecule has 0 aromatic heterocycles. The first kappa shape index (κ1) is 10.8. The van der Waals surface area contributed by atoms with Gasteiger partial charge in [0.15, 0.2) is 0 Å². The number of rotatable bonds is 3. The Morgan fingerprint density at radius 3 is 2.47 bits per heavy atom. The van der Waals surface area contributed by atoms with Crippen LogP contribution in [0.4, 0.5) is 0 Å². The first-order chi connectivity index (χ1) is 7.38. The maximum atomic E-state index is 5.14. The van der Waals surface area contributed by atoms with Crippen molar-refractivity contribution < 1.29 is 4.74 Å². The molecule has 1 fully saturated rings. The van der Waals surface area contributed by atoms with E-state index >= 15 is 0 Å². The number of benzene rings is 1. The number of hydrogen-bond donors (Lipinski definition) is 0. The van der Waals surface area contributed by atoms with Crippen LogP contribution >= 0.6 is 11.8 Å². The average molecular weight is 223 g/mol. The summed E-state index contributed by atoms with van der Waals surface area (Å²) >= 11 is 2.05. The third-order valence-electron chi connectivity index (χ3n) is 2.67. The van der Waals surface area contributed by atoms with Gasteiger partial charge < -0.3 is 4.74 Å². The monoisotopic (exact) mass is 223 g/mol. The van der Waals surface area contributed by atoms with Crippen LogP contribution in [-0.4, -0.2) is 36.6 Å². The van der Waals surface area contributed by atoms with Crippen LogP contribution < -0.4 is 4.74 Å². The first-order valence-corrected chi connectivity index (χ1v) is 6.47. The van der Waals surface area contributed by atoms with Crippen molar-refractivity contribution in [1.29, 1.82) is 0 Å². The van der Waals surface area contributed by atoms with Gasteiger partial charge in [-0.3, -0.25) is 4.90 Å². The van der Waals surface area contributed by atoms with E-state index < -0.39 is 0 Å². The summed E-state index contributed by atoms with van der Waals surface area (Å²) in [7, 11) is 1.71. The molecule has 1 aromatic carbocycles. The molecular weight excluding hydrogens is 206 g/mol. The Labute approximate surface area is 95.6 Å². The van der Waals surface area contributed by atoms with Gasteiger partial charge in [0.05, 0.1) is 7.11 Å². The van der Waals surface area contributed by atoms with E-state index in [1.165, 1.54) is 30.2 Å². The standard InChI is InChI=1S/C12H17NOS/c1-14-12-4-2-11(3-5-12)10-13-6-8-15-9-7-13/h2-5H,6-10H2,1H3. The van der Waals surface area contributed by atoms with E-state index in [-0.39, 0.29) is 0 Å². The molecule has 1 aliphatic rings. The zero-order chi connectivity index (χ0) is 10.5. The molecule has 0 radical (unpaired) electrons. The van der Waals surface area contributed by atoms with Crippen molar-refractivity contribution in [3.63, 3.8) is 0 Å². The van der Waals surface area contributed by atoms with Crippen LogP contribution in [0.2, 0.25) is 0 Å². The van der Waals surface area contributed by atoms with Crippen molar-refractivity contribution in [2.24, 2.45) is 0 Å². The quantitative estimate of drug-likeness (QED) is 0.780. The minimum atomic E-state index is 0.938. The lowest BCUT2D eigenvalue weighted by Gasteiger charge is -2.26. The van der Waals surface area contributed by atoms with Crippen LogP contribution in [0.3, 0.4) is 0 Å². The van der Waals surface area contributed by atoms with Gasteiger partial charge in [0, 0.05) is 31.1 Å². The highest BCUT2D eigenvalue weighted by molar-refractivity contribution is 7.99. The fraction of sp³-hybridized carbons (Fsp3) is 0.500. The molecule has 2 nitrogen and oxygen atoms in total. The third kappa shape index (κ3) is 3.14. The van der Waals surface area contributed by atoms with E-state index in [2.05, 4.69) is 28.8 Å². The van der Waals surface area contributed by atoms with E-state index in [9.17, 15) is 0 Å². The Kier molecular flexibility index (Phi) is 3.92. The maximum Gasteiger partial charge on any atom is 0.118 e. The maximum absolute atomic E-state index is 5.14. The van der Waals surface area contributed by atoms with Crippen molar-refractivity contribution in [2.45, 2.75) is 6.54 Å². The van der Waals surface area contributed by atoms with Gasteiger partial charge in [0.25, 0.3) is 0 Å². The molecule has 0 aliphatic carbocycles. The highest BCUT2D eigenvalue weighted by atomic mass is 32.2. The van der Waals surface area contributed by atoms with Gasteiger partial charge in [-0.1, -0.05) is 12.1 Å². The fourth-order valence-electron chi connectivity index (χ4n) is 1.75. The summed E-state index contributed by atoms with van der Waals surface area (Å²) in [5.41, 5.74) is 1.38. The van der Waals surface area contributed by atoms with Crippen molar-refractivity contribution in [3.8, 4) is 5.75 Å². The molecule has 1 heterocycles. The van der Waals surface area contributed by atoms with Gasteiger partial charge in [-0.2, -0.15) is 11.8 Å². The molecule has 0 saturated carbocycles. The van der Waals surface area contributed by atoms with E-state index in [0.29, 0.717) is 0 Å². The van der Waals surface area contributed by atoms with Crippen LogP contribution in [0.1, 0.15) is 5.56 Å². The molecule has 0 spiro atoms. The predicted molar refractivity (Wildman–Crippen MR) is 65.6 cm³/mol. The summed E-state index contributed by atoms with van der Waals surface area (Å²) in [6.07, 6.45) is 0. The SMILES string of the molecule is COc1ccc(CN2CCSCC2)cc1. The van der Waals surface area contributed by atoms with Gasteiger partial charge in [0.1, 0.15) is 5.75 Å². The van der Waals surface area contributed by atoms with Crippen molar-refractivity contribution in [2.75, 3.05) is 31.7 Å². The van der Waals surface area contributed by atoms with Gasteiger partial charge >= 0.3 is 0 Å². The van der Waals surface area contributed by atoms with Gasteiger partial charge in [-0.05, 0) is 17.7 Å². The summed E-state index contributed by atoms with van der Waals surface area (Å²) in [5.74, 6) is 3.49. The van der Waals surface area contributed by atoms with Crippen LogP contribution in [0, 0.1) is 0 Å². The van der Waals surface area contributed by atoms with E-state index in [1.807, 2.05) is 12.1 Å². The molecule has 82 valence electrons. The second-order valence-corrected chi connectivity index (χ2v) is 4.96. The summed E-state index contributed by atoms with van der Waals surface area (Å²) in [6, 6.07) is 8.38. The van der Waals surface area contributed by atoms with E-state index in [1.54, 1.807) is 7.11 Å². The molecule has 0 N–H and O–H groups in total. The highest BCUT2D eigenvalue weighted by Crippen LogP contribution is 2.15. The molecule has 3 heteroatoms. The Hall–Kier alpha value is -0.670. The molecular formula is C12H17NOS. The summed E-state index contributed by atoms with van der Waals surface area (Å²) in [5, 5.41) is 0. The Balaban J connectivity index is 1.91. The van der Waals surface area contributed by atoms with Crippen molar-refractivity contribution >= 4 is 11.8 Å². The summed E-state index contributed by atoms with van der Waals surface area (Å²) in [6.45, 7) is 3.51. The largest absolute Gasteiger partial charge is 0.497 e.